The number of aliphatic imine (C=N–C) groups is 1. The van der Waals surface area contributed by atoms with Crippen LogP contribution in [-0.2, 0) is 0 Å². The van der Waals surface area contributed by atoms with Crippen molar-refractivity contribution in [3.05, 3.63) is 23.5 Å². The van der Waals surface area contributed by atoms with Crippen molar-refractivity contribution >= 4 is 34.2 Å². The third-order valence-corrected chi connectivity index (χ3v) is 2.81. The number of thioether (sulfide) groups is 1. The molecule has 0 aliphatic rings. The van der Waals surface area contributed by atoms with E-state index in [0.29, 0.717) is 5.15 Å². The van der Waals surface area contributed by atoms with Crippen LogP contribution in [0.15, 0.2) is 23.3 Å². The summed E-state index contributed by atoms with van der Waals surface area (Å²) in [6.07, 6.45) is 3.71. The van der Waals surface area contributed by atoms with Gasteiger partial charge in [0.1, 0.15) is 5.15 Å². The first-order valence-electron chi connectivity index (χ1n) is 4.05. The van der Waals surface area contributed by atoms with Crippen molar-refractivity contribution in [1.29, 1.82) is 0 Å². The summed E-state index contributed by atoms with van der Waals surface area (Å²) in [6.45, 7) is 0. The Hall–Kier alpha value is -0.740. The maximum absolute atomic E-state index is 5.70. The van der Waals surface area contributed by atoms with E-state index in [-0.39, 0.29) is 0 Å². The molecule has 1 rings (SSSR count). The van der Waals surface area contributed by atoms with Gasteiger partial charge in [0.2, 0.25) is 0 Å². The van der Waals surface area contributed by atoms with Gasteiger partial charge in [0.05, 0.1) is 11.9 Å². The third-order valence-electron chi connectivity index (χ3n) is 1.76. The van der Waals surface area contributed by atoms with Crippen LogP contribution in [-0.4, -0.2) is 30.5 Å². The average Bonchev–Trinajstić information content (AvgIpc) is 2.20. The summed E-state index contributed by atoms with van der Waals surface area (Å²) in [7, 11) is 3.72. The van der Waals surface area contributed by atoms with Gasteiger partial charge in [-0.25, -0.2) is 4.98 Å². The molecule has 0 fully saturated rings. The van der Waals surface area contributed by atoms with E-state index in [2.05, 4.69) is 9.98 Å². The van der Waals surface area contributed by atoms with Crippen LogP contribution in [0.2, 0.25) is 5.15 Å². The molecule has 0 aromatic carbocycles. The van der Waals surface area contributed by atoms with Gasteiger partial charge in [0.25, 0.3) is 0 Å². The van der Waals surface area contributed by atoms with E-state index < -0.39 is 0 Å². The monoisotopic (exact) mass is 229 g/mol. The third kappa shape index (κ3) is 2.62. The Bertz CT molecular complexity index is 323. The van der Waals surface area contributed by atoms with Gasteiger partial charge in [-0.15, -0.1) is 0 Å². The van der Waals surface area contributed by atoms with E-state index in [1.54, 1.807) is 31.1 Å². The van der Waals surface area contributed by atoms with E-state index in [1.165, 1.54) is 0 Å². The number of hydrogen-bond donors (Lipinski definition) is 0. The predicted octanol–water partition coefficient (Wildman–Crippen LogP) is 2.52. The lowest BCUT2D eigenvalue weighted by Crippen LogP contribution is -2.23. The quantitative estimate of drug-likeness (QED) is 0.421. The summed E-state index contributed by atoms with van der Waals surface area (Å²) in [6, 6.07) is 3.68. The summed E-state index contributed by atoms with van der Waals surface area (Å²) in [5.74, 6) is 0. The number of hydrogen-bond acceptors (Lipinski definition) is 3. The number of pyridine rings is 1. The molecule has 1 heterocycles. The Morgan fingerprint density at radius 2 is 2.29 bits per heavy atom. The van der Waals surface area contributed by atoms with Crippen LogP contribution in [0.1, 0.15) is 0 Å². The molecule has 0 amide bonds. The Morgan fingerprint density at radius 1 is 1.57 bits per heavy atom. The minimum absolute atomic E-state index is 0.501. The van der Waals surface area contributed by atoms with Crippen LogP contribution in [0.25, 0.3) is 0 Å². The normalized spacial score (nSPS) is 11.6. The molecular formula is C9H12ClN3S. The number of rotatable bonds is 1. The van der Waals surface area contributed by atoms with Crippen molar-refractivity contribution in [3.63, 3.8) is 0 Å². The molecule has 5 heteroatoms. The molecule has 1 aromatic rings. The Balaban J connectivity index is 2.89. The van der Waals surface area contributed by atoms with Gasteiger partial charge >= 0.3 is 0 Å². The van der Waals surface area contributed by atoms with Gasteiger partial charge in [0, 0.05) is 14.1 Å². The molecule has 0 atom stereocenters. The largest absolute Gasteiger partial charge is 0.323 e. The lowest BCUT2D eigenvalue weighted by atomic mass is 10.4. The number of aromatic nitrogens is 1. The molecular weight excluding hydrogens is 218 g/mol. The van der Waals surface area contributed by atoms with Crippen molar-refractivity contribution in [1.82, 2.24) is 4.98 Å². The molecule has 0 spiro atoms. The zero-order valence-electron chi connectivity index (χ0n) is 8.36. The SMILES string of the molecule is C/N=C(\SC)N(C)c1ccc(Cl)nc1. The van der Waals surface area contributed by atoms with E-state index in [4.69, 9.17) is 11.6 Å². The second-order valence-electron chi connectivity index (χ2n) is 2.61. The molecule has 76 valence electrons. The van der Waals surface area contributed by atoms with Crippen molar-refractivity contribution in [2.24, 2.45) is 4.99 Å². The fourth-order valence-corrected chi connectivity index (χ4v) is 1.73. The number of nitrogens with zero attached hydrogens (tertiary/aromatic N) is 3. The van der Waals surface area contributed by atoms with Crippen molar-refractivity contribution in [2.45, 2.75) is 0 Å². The Labute approximate surface area is 93.2 Å². The number of halogens is 1. The summed E-state index contributed by atoms with van der Waals surface area (Å²) < 4.78 is 0. The minimum Gasteiger partial charge on any atom is -0.323 e. The summed E-state index contributed by atoms with van der Waals surface area (Å²) >= 11 is 7.29. The van der Waals surface area contributed by atoms with Gasteiger partial charge in [-0.2, -0.15) is 0 Å². The first-order chi connectivity index (χ1) is 6.69. The Morgan fingerprint density at radius 3 is 2.71 bits per heavy atom. The van der Waals surface area contributed by atoms with Crippen LogP contribution in [0.4, 0.5) is 5.69 Å². The zero-order valence-corrected chi connectivity index (χ0v) is 9.93. The van der Waals surface area contributed by atoms with E-state index in [1.807, 2.05) is 24.3 Å². The van der Waals surface area contributed by atoms with E-state index >= 15 is 0 Å². The standard InChI is InChI=1S/C9H12ClN3S/c1-11-9(14-3)13(2)7-4-5-8(10)12-6-7/h4-6H,1-3H3/b11-9-. The van der Waals surface area contributed by atoms with Crippen molar-refractivity contribution < 1.29 is 0 Å². The number of amidine groups is 1. The molecule has 0 saturated heterocycles. The molecule has 1 aromatic heterocycles. The van der Waals surface area contributed by atoms with Crippen LogP contribution in [0.3, 0.4) is 0 Å². The van der Waals surface area contributed by atoms with E-state index in [9.17, 15) is 0 Å². The second-order valence-corrected chi connectivity index (χ2v) is 3.77. The van der Waals surface area contributed by atoms with Crippen LogP contribution in [0.5, 0.6) is 0 Å². The van der Waals surface area contributed by atoms with Gasteiger partial charge in [0.15, 0.2) is 5.17 Å². The van der Waals surface area contributed by atoms with E-state index in [0.717, 1.165) is 10.9 Å². The minimum atomic E-state index is 0.501. The van der Waals surface area contributed by atoms with Crippen LogP contribution in [0, 0.1) is 0 Å². The summed E-state index contributed by atoms with van der Waals surface area (Å²) in [5.41, 5.74) is 0.976. The molecule has 0 bridgehead atoms. The zero-order chi connectivity index (χ0) is 10.6. The summed E-state index contributed by atoms with van der Waals surface area (Å²) in [5, 5.41) is 1.44. The van der Waals surface area contributed by atoms with Crippen LogP contribution < -0.4 is 4.90 Å². The first-order valence-corrected chi connectivity index (χ1v) is 5.65. The first kappa shape index (κ1) is 11.3. The fraction of sp³-hybridized carbons (Fsp3) is 0.333. The Kier molecular flexibility index (Phi) is 4.22. The highest BCUT2D eigenvalue weighted by Gasteiger charge is 2.06. The predicted molar refractivity (Wildman–Crippen MR) is 64.5 cm³/mol. The van der Waals surface area contributed by atoms with Gasteiger partial charge < -0.3 is 4.90 Å². The van der Waals surface area contributed by atoms with Gasteiger partial charge in [-0.1, -0.05) is 23.4 Å². The molecule has 3 nitrogen and oxygen atoms in total. The average molecular weight is 230 g/mol. The molecule has 0 saturated carbocycles. The lowest BCUT2D eigenvalue weighted by molar-refractivity contribution is 1.21. The topological polar surface area (TPSA) is 28.5 Å². The van der Waals surface area contributed by atoms with Crippen molar-refractivity contribution in [2.75, 3.05) is 25.3 Å². The molecule has 0 aliphatic heterocycles. The molecule has 0 unspecified atom stereocenters. The maximum Gasteiger partial charge on any atom is 0.162 e. The summed E-state index contributed by atoms with van der Waals surface area (Å²) in [4.78, 5) is 10.1. The van der Waals surface area contributed by atoms with Gasteiger partial charge in [-0.3, -0.25) is 4.99 Å². The fourth-order valence-electron chi connectivity index (χ4n) is 1.06. The lowest BCUT2D eigenvalue weighted by Gasteiger charge is -2.18. The van der Waals surface area contributed by atoms with Gasteiger partial charge in [-0.05, 0) is 18.4 Å². The molecule has 0 radical (unpaired) electrons. The highest BCUT2D eigenvalue weighted by atomic mass is 35.5. The maximum atomic E-state index is 5.70. The highest BCUT2D eigenvalue weighted by Crippen LogP contribution is 2.17. The highest BCUT2D eigenvalue weighted by molar-refractivity contribution is 8.13. The molecule has 14 heavy (non-hydrogen) atoms. The molecule has 0 aliphatic carbocycles. The second kappa shape index (κ2) is 5.22. The smallest absolute Gasteiger partial charge is 0.162 e. The molecule has 0 N–H and O–H groups in total. The van der Waals surface area contributed by atoms with Crippen molar-refractivity contribution in [3.8, 4) is 0 Å². The number of anilines is 1. The van der Waals surface area contributed by atoms with Crippen LogP contribution >= 0.6 is 23.4 Å².